The van der Waals surface area contributed by atoms with Gasteiger partial charge in [-0.05, 0) is 31.0 Å². The topological polar surface area (TPSA) is 56.0 Å². The Morgan fingerprint density at radius 1 is 1.35 bits per heavy atom. The van der Waals surface area contributed by atoms with Crippen molar-refractivity contribution < 1.29 is 5.11 Å². The lowest BCUT2D eigenvalue weighted by Gasteiger charge is -2.29. The minimum atomic E-state index is -0.307. The van der Waals surface area contributed by atoms with Crippen LogP contribution in [0.1, 0.15) is 31.2 Å². The van der Waals surface area contributed by atoms with Gasteiger partial charge < -0.3 is 10.4 Å². The number of nitrogens with zero attached hydrogens (tertiary/aromatic N) is 1. The lowest BCUT2D eigenvalue weighted by molar-refractivity contribution is 0.116. The second-order valence-electron chi connectivity index (χ2n) is 4.40. The molecule has 0 saturated heterocycles. The van der Waals surface area contributed by atoms with E-state index in [4.69, 9.17) is 5.26 Å². The lowest BCUT2D eigenvalue weighted by Crippen LogP contribution is -2.36. The third kappa shape index (κ3) is 2.99. The molecule has 1 fully saturated rings. The first kappa shape index (κ1) is 12.4. The van der Waals surface area contributed by atoms with Gasteiger partial charge in [0.25, 0.3) is 0 Å². The summed E-state index contributed by atoms with van der Waals surface area (Å²) in [7, 11) is 0. The van der Waals surface area contributed by atoms with Gasteiger partial charge in [-0.15, -0.1) is 0 Å². The first-order valence-electron chi connectivity index (χ1n) is 5.85. The van der Waals surface area contributed by atoms with Crippen molar-refractivity contribution in [1.82, 2.24) is 0 Å². The van der Waals surface area contributed by atoms with Gasteiger partial charge in [0.1, 0.15) is 6.07 Å². The van der Waals surface area contributed by atoms with Crippen LogP contribution in [0.4, 0.5) is 5.69 Å². The van der Waals surface area contributed by atoms with Crippen molar-refractivity contribution in [1.29, 1.82) is 5.26 Å². The van der Waals surface area contributed by atoms with Crippen molar-refractivity contribution in [3.8, 4) is 6.07 Å². The number of rotatable bonds is 2. The van der Waals surface area contributed by atoms with E-state index >= 15 is 0 Å². The fraction of sp³-hybridized carbons (Fsp3) is 0.462. The number of anilines is 1. The standard InChI is InChI=1S/C13H15BrN2O/c14-10-5-6-11(9(7-10)8-15)16-12-3-1-2-4-13(12)17/h5-7,12-13,16-17H,1-4H2/t12-,13-/m0/s1. The first-order chi connectivity index (χ1) is 8.20. The molecule has 0 unspecified atom stereocenters. The molecule has 1 aliphatic rings. The zero-order valence-corrected chi connectivity index (χ0v) is 11.1. The maximum atomic E-state index is 9.89. The first-order valence-corrected chi connectivity index (χ1v) is 6.64. The molecule has 2 atom stereocenters. The van der Waals surface area contributed by atoms with Gasteiger partial charge in [0.2, 0.25) is 0 Å². The van der Waals surface area contributed by atoms with E-state index in [1.165, 1.54) is 0 Å². The highest BCUT2D eigenvalue weighted by atomic mass is 79.9. The predicted octanol–water partition coefficient (Wildman–Crippen LogP) is 3.04. The van der Waals surface area contributed by atoms with Crippen LogP contribution in [0.2, 0.25) is 0 Å². The van der Waals surface area contributed by atoms with Crippen molar-refractivity contribution in [2.24, 2.45) is 0 Å². The molecule has 0 spiro atoms. The third-order valence-corrected chi connectivity index (χ3v) is 3.67. The van der Waals surface area contributed by atoms with E-state index in [-0.39, 0.29) is 12.1 Å². The fourth-order valence-electron chi connectivity index (χ4n) is 2.21. The van der Waals surface area contributed by atoms with Gasteiger partial charge in [0, 0.05) is 4.47 Å². The van der Waals surface area contributed by atoms with Crippen LogP contribution in [0.5, 0.6) is 0 Å². The number of halogens is 1. The van der Waals surface area contributed by atoms with Crippen molar-refractivity contribution in [2.45, 2.75) is 37.8 Å². The van der Waals surface area contributed by atoms with Crippen molar-refractivity contribution in [2.75, 3.05) is 5.32 Å². The van der Waals surface area contributed by atoms with Gasteiger partial charge in [0.15, 0.2) is 0 Å². The summed E-state index contributed by atoms with van der Waals surface area (Å²) in [5.41, 5.74) is 1.42. The van der Waals surface area contributed by atoms with E-state index in [9.17, 15) is 5.11 Å². The largest absolute Gasteiger partial charge is 0.391 e. The molecule has 1 saturated carbocycles. The molecule has 0 radical (unpaired) electrons. The summed E-state index contributed by atoms with van der Waals surface area (Å²) >= 11 is 3.35. The highest BCUT2D eigenvalue weighted by molar-refractivity contribution is 9.10. The van der Waals surface area contributed by atoms with Gasteiger partial charge in [-0.2, -0.15) is 5.26 Å². The summed E-state index contributed by atoms with van der Waals surface area (Å²) in [6, 6.07) is 7.80. The third-order valence-electron chi connectivity index (χ3n) is 3.17. The monoisotopic (exact) mass is 294 g/mol. The van der Waals surface area contributed by atoms with Crippen LogP contribution in [0.3, 0.4) is 0 Å². The number of nitrogens with one attached hydrogen (secondary N) is 1. The lowest BCUT2D eigenvalue weighted by atomic mass is 9.92. The summed E-state index contributed by atoms with van der Waals surface area (Å²) in [5, 5.41) is 22.2. The molecule has 0 aromatic heterocycles. The molecule has 1 aliphatic carbocycles. The Kier molecular flexibility index (Phi) is 4.03. The fourth-order valence-corrected chi connectivity index (χ4v) is 2.58. The molecule has 0 aliphatic heterocycles. The number of nitriles is 1. The molecule has 90 valence electrons. The maximum absolute atomic E-state index is 9.89. The zero-order valence-electron chi connectivity index (χ0n) is 9.49. The van der Waals surface area contributed by atoms with Gasteiger partial charge in [-0.1, -0.05) is 28.8 Å². The molecule has 1 aromatic carbocycles. The number of benzene rings is 1. The zero-order chi connectivity index (χ0) is 12.3. The summed E-state index contributed by atoms with van der Waals surface area (Å²) < 4.78 is 0.892. The molecule has 0 heterocycles. The molecule has 2 N–H and O–H groups in total. The van der Waals surface area contributed by atoms with E-state index in [1.54, 1.807) is 6.07 Å². The smallest absolute Gasteiger partial charge is 0.101 e. The van der Waals surface area contributed by atoms with Crippen molar-refractivity contribution in [3.05, 3.63) is 28.2 Å². The molecule has 17 heavy (non-hydrogen) atoms. The molecule has 1 aromatic rings. The van der Waals surface area contributed by atoms with Crippen molar-refractivity contribution >= 4 is 21.6 Å². The molecule has 0 amide bonds. The molecule has 0 bridgehead atoms. The van der Waals surface area contributed by atoms with E-state index in [0.717, 1.165) is 35.8 Å². The number of hydrogen-bond acceptors (Lipinski definition) is 3. The van der Waals surface area contributed by atoms with E-state index < -0.39 is 0 Å². The highest BCUT2D eigenvalue weighted by Gasteiger charge is 2.23. The SMILES string of the molecule is N#Cc1cc(Br)ccc1N[C@H]1CCCC[C@@H]1O. The summed E-state index contributed by atoms with van der Waals surface area (Å²) in [6.45, 7) is 0. The molecule has 2 rings (SSSR count). The Morgan fingerprint density at radius 2 is 2.12 bits per heavy atom. The average Bonchev–Trinajstić information content (AvgIpc) is 2.34. The minimum absolute atomic E-state index is 0.0667. The van der Waals surface area contributed by atoms with Crippen LogP contribution < -0.4 is 5.32 Å². The summed E-state index contributed by atoms with van der Waals surface area (Å²) in [4.78, 5) is 0. The van der Waals surface area contributed by atoms with Crippen molar-refractivity contribution in [3.63, 3.8) is 0 Å². The Labute approximate surface area is 110 Å². The van der Waals surface area contributed by atoms with Crippen LogP contribution >= 0.6 is 15.9 Å². The van der Waals surface area contributed by atoms with Crippen LogP contribution in [0.15, 0.2) is 22.7 Å². The predicted molar refractivity (Wildman–Crippen MR) is 70.7 cm³/mol. The second-order valence-corrected chi connectivity index (χ2v) is 5.32. The van der Waals surface area contributed by atoms with Crippen LogP contribution in [-0.4, -0.2) is 17.3 Å². The molecule has 4 heteroatoms. The maximum Gasteiger partial charge on any atom is 0.101 e. The van der Waals surface area contributed by atoms with Crippen LogP contribution in [-0.2, 0) is 0 Å². The van der Waals surface area contributed by atoms with Crippen LogP contribution in [0, 0.1) is 11.3 Å². The molecule has 3 nitrogen and oxygen atoms in total. The Balaban J connectivity index is 2.15. The summed E-state index contributed by atoms with van der Waals surface area (Å²) in [5.74, 6) is 0. The van der Waals surface area contributed by atoms with Gasteiger partial charge in [0.05, 0.1) is 23.4 Å². The Morgan fingerprint density at radius 3 is 2.82 bits per heavy atom. The number of hydrogen-bond donors (Lipinski definition) is 2. The molecular formula is C13H15BrN2O. The minimum Gasteiger partial charge on any atom is -0.391 e. The van der Waals surface area contributed by atoms with E-state index in [2.05, 4.69) is 27.3 Å². The quantitative estimate of drug-likeness (QED) is 0.881. The number of aliphatic hydroxyl groups is 1. The van der Waals surface area contributed by atoms with Gasteiger partial charge >= 0.3 is 0 Å². The van der Waals surface area contributed by atoms with Crippen LogP contribution in [0.25, 0.3) is 0 Å². The highest BCUT2D eigenvalue weighted by Crippen LogP contribution is 2.25. The summed E-state index contributed by atoms with van der Waals surface area (Å²) in [6.07, 6.45) is 3.72. The number of aliphatic hydroxyl groups excluding tert-OH is 1. The Hall–Kier alpha value is -1.05. The molecular weight excluding hydrogens is 280 g/mol. The van der Waals surface area contributed by atoms with E-state index in [1.807, 2.05) is 12.1 Å². The average molecular weight is 295 g/mol. The van der Waals surface area contributed by atoms with E-state index in [0.29, 0.717) is 5.56 Å². The van der Waals surface area contributed by atoms with Gasteiger partial charge in [-0.25, -0.2) is 0 Å². The second kappa shape index (κ2) is 5.52. The normalized spacial score (nSPS) is 24.1. The van der Waals surface area contributed by atoms with Gasteiger partial charge in [-0.3, -0.25) is 0 Å². The Bertz CT molecular complexity index is 442.